The minimum atomic E-state index is -0.0734. The summed E-state index contributed by atoms with van der Waals surface area (Å²) in [4.78, 5) is 5.62. The molecule has 4 heteroatoms. The molecule has 0 radical (unpaired) electrons. The van der Waals surface area contributed by atoms with Gasteiger partial charge in [0.1, 0.15) is 11.5 Å². The third-order valence-electron chi connectivity index (χ3n) is 17.6. The quantitative estimate of drug-likeness (QED) is 0.152. The molecule has 1 aromatic heterocycles. The third-order valence-corrected chi connectivity index (χ3v) is 17.6. The first kappa shape index (κ1) is 49.0. The van der Waals surface area contributed by atoms with Crippen LogP contribution in [0.4, 0.5) is 0 Å². The van der Waals surface area contributed by atoms with Gasteiger partial charge in [-0.25, -0.2) is 4.98 Å². The Hall–Kier alpha value is -3.49. The average molecular weight is 960 g/mol. The molecule has 5 aromatic rings. The first-order valence-electron chi connectivity index (χ1n) is 25.0. The van der Waals surface area contributed by atoms with Crippen LogP contribution >= 0.6 is 0 Å². The topological polar surface area (TPSA) is 53.4 Å². The summed E-state index contributed by atoms with van der Waals surface area (Å²) in [6.07, 6.45) is 17.5. The summed E-state index contributed by atoms with van der Waals surface area (Å²) in [5.41, 5.74) is 14.1. The Balaban J connectivity index is 0.00000197. The molecule has 0 saturated heterocycles. The van der Waals surface area contributed by atoms with Gasteiger partial charge in [-0.1, -0.05) is 116 Å². The number of rotatable bonds is 8. The standard InChI is InChI=1S/C60H71NO2.2CH3.Zr/c1-8-13-36-24-53(47-16-11-9-14-45(47)49-26-43(57(2,3)4)28-51(55(49)62)59-30-37-18-38(31-59)20-39(19-37)32-59)61-54(25-36)48-17-12-10-15-46(48)50-27-44(58(5,6)7)29-52(56(50)63)60-33-40-21-41(34-60)23-42(22-40)35-60;;;/h9-12,14-17,24-29,37-42,62-63H,8,13,18-23,30-35H2,1-7H3;2*1H3;/q;2*-1;. The number of pyridine rings is 1. The van der Waals surface area contributed by atoms with E-state index >= 15 is 0 Å². The predicted octanol–water partition coefficient (Wildman–Crippen LogP) is 16.5. The summed E-state index contributed by atoms with van der Waals surface area (Å²) in [5, 5.41) is 25.5. The van der Waals surface area contributed by atoms with Crippen molar-refractivity contribution in [3.05, 3.63) is 128 Å². The Labute approximate surface area is 418 Å². The number of aromatic hydroxyl groups is 2. The fourth-order valence-corrected chi connectivity index (χ4v) is 15.4. The second kappa shape index (κ2) is 17.8. The first-order chi connectivity index (χ1) is 30.1. The Morgan fingerprint density at radius 1 is 0.485 bits per heavy atom. The van der Waals surface area contributed by atoms with E-state index in [-0.39, 0.29) is 62.7 Å². The van der Waals surface area contributed by atoms with Crippen molar-refractivity contribution in [1.29, 1.82) is 0 Å². The maximum absolute atomic E-state index is 12.7. The fraction of sp³-hybridized carbons (Fsp3) is 0.500. The van der Waals surface area contributed by atoms with Crippen LogP contribution in [0.5, 0.6) is 11.5 Å². The number of hydrogen-bond acceptors (Lipinski definition) is 3. The van der Waals surface area contributed by atoms with Gasteiger partial charge in [-0.15, -0.1) is 0 Å². The molecule has 0 unspecified atom stereocenters. The maximum Gasteiger partial charge on any atom is 0.127 e. The molecule has 3 nitrogen and oxygen atoms in total. The Kier molecular flexibility index (Phi) is 13.2. The van der Waals surface area contributed by atoms with Crippen LogP contribution in [-0.4, -0.2) is 15.2 Å². The molecule has 8 saturated carbocycles. The minimum absolute atomic E-state index is 0. The van der Waals surface area contributed by atoms with Gasteiger partial charge in [0.25, 0.3) is 0 Å². The van der Waals surface area contributed by atoms with Gasteiger partial charge in [0, 0.05) is 59.6 Å². The van der Waals surface area contributed by atoms with E-state index in [1.807, 2.05) is 0 Å². The van der Waals surface area contributed by atoms with Crippen molar-refractivity contribution in [3.8, 4) is 56.3 Å². The molecule has 2 N–H and O–H groups in total. The zero-order valence-corrected chi connectivity index (χ0v) is 44.2. The van der Waals surface area contributed by atoms with Crippen LogP contribution in [0.3, 0.4) is 0 Å². The molecule has 0 aliphatic heterocycles. The maximum atomic E-state index is 12.7. The molecule has 348 valence electrons. The molecule has 4 aromatic carbocycles. The van der Waals surface area contributed by atoms with Gasteiger partial charge in [-0.05, 0) is 193 Å². The summed E-state index contributed by atoms with van der Waals surface area (Å²) in [6.45, 7) is 16.2. The number of aromatic nitrogens is 1. The van der Waals surface area contributed by atoms with E-state index in [0.29, 0.717) is 11.5 Å². The Morgan fingerprint density at radius 3 is 1.11 bits per heavy atom. The van der Waals surface area contributed by atoms with E-state index in [1.54, 1.807) is 0 Å². The molecule has 8 fully saturated rings. The van der Waals surface area contributed by atoms with Crippen molar-refractivity contribution in [2.75, 3.05) is 0 Å². The number of aryl methyl sites for hydroxylation is 1. The number of benzene rings is 4. The predicted molar refractivity (Wildman–Crippen MR) is 273 cm³/mol. The molecule has 8 bridgehead atoms. The summed E-state index contributed by atoms with van der Waals surface area (Å²) in [5.74, 6) is 5.71. The van der Waals surface area contributed by atoms with Gasteiger partial charge >= 0.3 is 0 Å². The number of phenolic OH excluding ortho intramolecular Hbond substituents is 2. The van der Waals surface area contributed by atoms with Gasteiger partial charge in [-0.3, -0.25) is 0 Å². The number of nitrogens with zero attached hydrogens (tertiary/aromatic N) is 1. The van der Waals surface area contributed by atoms with Crippen LogP contribution in [0.25, 0.3) is 44.8 Å². The third kappa shape index (κ3) is 8.42. The minimum Gasteiger partial charge on any atom is -0.507 e. The van der Waals surface area contributed by atoms with Gasteiger partial charge in [0.2, 0.25) is 0 Å². The fourth-order valence-electron chi connectivity index (χ4n) is 15.4. The number of phenols is 2. The summed E-state index contributed by atoms with van der Waals surface area (Å²) >= 11 is 0. The zero-order chi connectivity index (χ0) is 43.6. The normalized spacial score (nSPS) is 28.1. The van der Waals surface area contributed by atoms with Gasteiger partial charge in [-0.2, -0.15) is 0 Å². The second-order valence-electron chi connectivity index (χ2n) is 24.3. The van der Waals surface area contributed by atoms with E-state index < -0.39 is 0 Å². The van der Waals surface area contributed by atoms with Crippen molar-refractivity contribution in [2.45, 2.75) is 160 Å². The molecular weight excluding hydrogens is 882 g/mol. The molecule has 0 spiro atoms. The van der Waals surface area contributed by atoms with E-state index in [0.717, 1.165) is 93.1 Å². The van der Waals surface area contributed by atoms with Crippen LogP contribution in [0, 0.1) is 50.4 Å². The molecule has 1 heterocycles. The zero-order valence-electron chi connectivity index (χ0n) is 41.8. The molecule has 8 aliphatic rings. The van der Waals surface area contributed by atoms with Crippen molar-refractivity contribution in [3.63, 3.8) is 0 Å². The van der Waals surface area contributed by atoms with Crippen molar-refractivity contribution < 1.29 is 36.4 Å². The van der Waals surface area contributed by atoms with Gasteiger partial charge in [0.15, 0.2) is 0 Å². The van der Waals surface area contributed by atoms with E-state index in [9.17, 15) is 10.2 Å². The second-order valence-corrected chi connectivity index (χ2v) is 24.3. The molecule has 66 heavy (non-hydrogen) atoms. The monoisotopic (exact) mass is 958 g/mol. The Morgan fingerprint density at radius 2 is 0.803 bits per heavy atom. The average Bonchev–Trinajstić information content (AvgIpc) is 3.22. The first-order valence-corrected chi connectivity index (χ1v) is 25.0. The van der Waals surface area contributed by atoms with Gasteiger partial charge in [0.05, 0.1) is 11.4 Å². The SMILES string of the molecule is CCCc1cc(-c2ccccc2-c2cc(C(C)(C)C)cc(C34CC5CC(CC(C5)C3)C4)c2O)nc(-c2ccccc2-c2cc(C(C)(C)C)cc(C34CC5CC(CC(C5)C3)C4)c2O)c1.[CH3-].[CH3-].[Zr]. The Bertz CT molecular complexity index is 2360. The van der Waals surface area contributed by atoms with E-state index in [2.05, 4.69) is 133 Å². The van der Waals surface area contributed by atoms with Crippen LogP contribution in [0.2, 0.25) is 0 Å². The van der Waals surface area contributed by atoms with Crippen LogP contribution in [0.15, 0.2) is 84.9 Å². The summed E-state index contributed by atoms with van der Waals surface area (Å²) in [6, 6.07) is 31.4. The molecule has 0 amide bonds. The van der Waals surface area contributed by atoms with Gasteiger partial charge < -0.3 is 25.1 Å². The molecular formula is C62H77NO2Zr-2. The summed E-state index contributed by atoms with van der Waals surface area (Å²) < 4.78 is 0. The molecule has 0 atom stereocenters. The van der Waals surface area contributed by atoms with Crippen molar-refractivity contribution >= 4 is 0 Å². The smallest absolute Gasteiger partial charge is 0.127 e. The number of hydrogen-bond donors (Lipinski definition) is 2. The van der Waals surface area contributed by atoms with Crippen molar-refractivity contribution in [2.24, 2.45) is 35.5 Å². The van der Waals surface area contributed by atoms with E-state index in [1.165, 1.54) is 105 Å². The van der Waals surface area contributed by atoms with Crippen molar-refractivity contribution in [1.82, 2.24) is 4.98 Å². The van der Waals surface area contributed by atoms with Crippen LogP contribution in [0.1, 0.15) is 160 Å². The largest absolute Gasteiger partial charge is 0.507 e. The van der Waals surface area contributed by atoms with Crippen LogP contribution < -0.4 is 0 Å². The van der Waals surface area contributed by atoms with E-state index in [4.69, 9.17) is 4.98 Å². The molecule has 8 aliphatic carbocycles. The van der Waals surface area contributed by atoms with Crippen LogP contribution in [-0.2, 0) is 54.3 Å². The summed E-state index contributed by atoms with van der Waals surface area (Å²) in [7, 11) is 0. The molecule has 13 rings (SSSR count).